The van der Waals surface area contributed by atoms with E-state index in [0.717, 1.165) is 17.0 Å². The van der Waals surface area contributed by atoms with Crippen LogP contribution in [0.1, 0.15) is 41.2 Å². The van der Waals surface area contributed by atoms with Gasteiger partial charge in [-0.15, -0.1) is 0 Å². The smallest absolute Gasteiger partial charge is 0.261 e. The number of aryl methyl sites for hydroxylation is 3. The molecule has 7 nitrogen and oxygen atoms in total. The van der Waals surface area contributed by atoms with E-state index >= 15 is 0 Å². The zero-order valence-corrected chi connectivity index (χ0v) is 15.8. The van der Waals surface area contributed by atoms with Crippen LogP contribution < -0.4 is 16.2 Å². The minimum absolute atomic E-state index is 0.0913. The maximum atomic E-state index is 12.5. The van der Waals surface area contributed by atoms with E-state index in [-0.39, 0.29) is 17.7 Å². The van der Waals surface area contributed by atoms with E-state index in [1.165, 1.54) is 0 Å². The minimum atomic E-state index is -0.692. The number of hydrogen-bond acceptors (Lipinski definition) is 5. The van der Waals surface area contributed by atoms with Gasteiger partial charge < -0.3 is 5.32 Å². The van der Waals surface area contributed by atoms with E-state index in [1.807, 2.05) is 52.8 Å². The molecule has 1 aromatic heterocycles. The van der Waals surface area contributed by atoms with E-state index < -0.39 is 6.04 Å². The third-order valence-electron chi connectivity index (χ3n) is 3.83. The Hall–Kier alpha value is -2.96. The molecule has 3 N–H and O–H groups in total. The molecule has 1 aromatic carbocycles. The second-order valence-corrected chi connectivity index (χ2v) is 6.65. The first-order chi connectivity index (χ1) is 12.3. The average molecular weight is 355 g/mol. The molecule has 0 unspecified atom stereocenters. The molecule has 0 aliphatic rings. The van der Waals surface area contributed by atoms with E-state index in [2.05, 4.69) is 26.1 Å². The van der Waals surface area contributed by atoms with Crippen molar-refractivity contribution in [3.8, 4) is 0 Å². The summed E-state index contributed by atoms with van der Waals surface area (Å²) in [7, 11) is 0. The number of anilines is 1. The van der Waals surface area contributed by atoms with Crippen molar-refractivity contribution in [1.29, 1.82) is 0 Å². The van der Waals surface area contributed by atoms with E-state index in [9.17, 15) is 9.59 Å². The Kier molecular flexibility index (Phi) is 6.27. The summed E-state index contributed by atoms with van der Waals surface area (Å²) in [6.45, 7) is 9.38. The normalized spacial score (nSPS) is 11.8. The van der Waals surface area contributed by atoms with Gasteiger partial charge >= 0.3 is 0 Å². The molecule has 0 saturated heterocycles. The lowest BCUT2D eigenvalue weighted by atomic mass is 10.0. The van der Waals surface area contributed by atoms with Gasteiger partial charge in [-0.3, -0.25) is 20.4 Å². The van der Waals surface area contributed by atoms with Gasteiger partial charge in [0.15, 0.2) is 0 Å². The lowest BCUT2D eigenvalue weighted by Gasteiger charge is -2.22. The van der Waals surface area contributed by atoms with Gasteiger partial charge in [-0.25, -0.2) is 9.97 Å². The molecule has 0 aliphatic carbocycles. The van der Waals surface area contributed by atoms with Crippen molar-refractivity contribution in [3.05, 3.63) is 52.8 Å². The van der Waals surface area contributed by atoms with Crippen LogP contribution in [0.3, 0.4) is 0 Å². The second-order valence-electron chi connectivity index (χ2n) is 6.65. The zero-order valence-electron chi connectivity index (χ0n) is 15.8. The van der Waals surface area contributed by atoms with Gasteiger partial charge in [0.1, 0.15) is 6.04 Å². The van der Waals surface area contributed by atoms with Gasteiger partial charge in [-0.05, 0) is 44.9 Å². The van der Waals surface area contributed by atoms with Crippen molar-refractivity contribution < 1.29 is 9.59 Å². The molecule has 2 aromatic rings. The highest BCUT2D eigenvalue weighted by atomic mass is 16.2. The first kappa shape index (κ1) is 19.4. The molecule has 7 heteroatoms. The van der Waals surface area contributed by atoms with Crippen LogP contribution in [0.15, 0.2) is 30.3 Å². The summed E-state index contributed by atoms with van der Waals surface area (Å²) in [4.78, 5) is 33.3. The Labute approximate surface area is 153 Å². The molecular formula is C19H25N5O2. The Bertz CT molecular complexity index is 767. The topological polar surface area (TPSA) is 96.0 Å². The molecule has 0 saturated carbocycles. The van der Waals surface area contributed by atoms with Crippen LogP contribution in [0.2, 0.25) is 0 Å². The molecule has 0 bridgehead atoms. The number of aromatic nitrogens is 2. The summed E-state index contributed by atoms with van der Waals surface area (Å²) in [5, 5.41) is 2.78. The number of nitrogens with one attached hydrogen (secondary N) is 3. The molecule has 138 valence electrons. The largest absolute Gasteiger partial charge is 0.340 e. The van der Waals surface area contributed by atoms with Crippen molar-refractivity contribution in [3.63, 3.8) is 0 Å². The van der Waals surface area contributed by atoms with Crippen molar-refractivity contribution in [1.82, 2.24) is 20.7 Å². The molecule has 0 aliphatic heterocycles. The average Bonchev–Trinajstić information content (AvgIpc) is 2.57. The fraction of sp³-hybridized carbons (Fsp3) is 0.368. The standard InChI is InChI=1S/C19H25N5O2/c1-11(2)16(22-17(25)15-8-6-12(3)7-9-15)18(26)23-24-19-20-13(4)10-14(5)21-19/h6-11,16H,1-5H3,(H,22,25)(H,23,26)(H,20,21,24)/t16-/m0/s1. The maximum absolute atomic E-state index is 12.5. The summed E-state index contributed by atoms with van der Waals surface area (Å²) in [5.41, 5.74) is 8.45. The predicted molar refractivity (Wildman–Crippen MR) is 101 cm³/mol. The summed E-state index contributed by atoms with van der Waals surface area (Å²) in [6, 6.07) is 8.34. The highest BCUT2D eigenvalue weighted by Crippen LogP contribution is 2.07. The first-order valence-corrected chi connectivity index (χ1v) is 8.52. The van der Waals surface area contributed by atoms with Gasteiger partial charge in [0, 0.05) is 17.0 Å². The van der Waals surface area contributed by atoms with Gasteiger partial charge in [0.25, 0.3) is 11.8 Å². The van der Waals surface area contributed by atoms with Crippen molar-refractivity contribution >= 4 is 17.8 Å². The number of carbonyl (C=O) groups is 2. The highest BCUT2D eigenvalue weighted by Gasteiger charge is 2.24. The molecule has 1 atom stereocenters. The minimum Gasteiger partial charge on any atom is -0.340 e. The molecule has 1 heterocycles. The van der Waals surface area contributed by atoms with Crippen LogP contribution in [-0.4, -0.2) is 27.8 Å². The quantitative estimate of drug-likeness (QED) is 0.691. The van der Waals surface area contributed by atoms with Crippen molar-refractivity contribution in [2.75, 3.05) is 5.43 Å². The Morgan fingerprint density at radius 1 is 0.962 bits per heavy atom. The van der Waals surface area contributed by atoms with Gasteiger partial charge in [0.05, 0.1) is 0 Å². The maximum Gasteiger partial charge on any atom is 0.261 e. The van der Waals surface area contributed by atoms with Crippen molar-refractivity contribution in [2.45, 2.75) is 40.7 Å². The summed E-state index contributed by atoms with van der Waals surface area (Å²) < 4.78 is 0. The molecule has 26 heavy (non-hydrogen) atoms. The fourth-order valence-electron chi connectivity index (χ4n) is 2.44. The van der Waals surface area contributed by atoms with Crippen LogP contribution in [0.5, 0.6) is 0 Å². The molecular weight excluding hydrogens is 330 g/mol. The Morgan fingerprint density at radius 3 is 2.08 bits per heavy atom. The highest BCUT2D eigenvalue weighted by molar-refractivity contribution is 5.97. The van der Waals surface area contributed by atoms with Gasteiger partial charge in [0.2, 0.25) is 5.95 Å². The second kappa shape index (κ2) is 8.42. The molecule has 0 fully saturated rings. The number of carbonyl (C=O) groups excluding carboxylic acids is 2. The van der Waals surface area contributed by atoms with E-state index in [1.54, 1.807) is 12.1 Å². The number of benzene rings is 1. The van der Waals surface area contributed by atoms with Crippen LogP contribution in [0.25, 0.3) is 0 Å². The summed E-state index contributed by atoms with van der Waals surface area (Å²) in [5.74, 6) is -0.431. The number of nitrogens with zero attached hydrogens (tertiary/aromatic N) is 2. The molecule has 2 amide bonds. The number of hydrazine groups is 1. The van der Waals surface area contributed by atoms with Crippen LogP contribution >= 0.6 is 0 Å². The van der Waals surface area contributed by atoms with E-state index in [0.29, 0.717) is 11.5 Å². The van der Waals surface area contributed by atoms with Gasteiger partial charge in [-0.2, -0.15) is 0 Å². The Morgan fingerprint density at radius 2 is 1.54 bits per heavy atom. The molecule has 0 radical (unpaired) electrons. The number of amides is 2. The Balaban J connectivity index is 2.02. The van der Waals surface area contributed by atoms with E-state index in [4.69, 9.17) is 0 Å². The molecule has 2 rings (SSSR count). The lowest BCUT2D eigenvalue weighted by Crippen LogP contribution is -2.51. The van der Waals surface area contributed by atoms with Gasteiger partial charge in [-0.1, -0.05) is 31.5 Å². The first-order valence-electron chi connectivity index (χ1n) is 8.52. The van der Waals surface area contributed by atoms with Crippen LogP contribution in [0.4, 0.5) is 5.95 Å². The van der Waals surface area contributed by atoms with Crippen LogP contribution in [0, 0.1) is 26.7 Å². The summed E-state index contributed by atoms with van der Waals surface area (Å²) in [6.07, 6.45) is 0. The SMILES string of the molecule is Cc1ccc(C(=O)N[C@H](C(=O)NNc2nc(C)cc(C)n2)C(C)C)cc1. The third-order valence-corrected chi connectivity index (χ3v) is 3.83. The predicted octanol–water partition coefficient (Wildman–Crippen LogP) is 2.30. The lowest BCUT2D eigenvalue weighted by molar-refractivity contribution is -0.123. The third kappa shape index (κ3) is 5.27. The number of rotatable bonds is 6. The molecule has 0 spiro atoms. The number of hydrogen-bond donors (Lipinski definition) is 3. The fourth-order valence-corrected chi connectivity index (χ4v) is 2.44. The van der Waals surface area contributed by atoms with Crippen molar-refractivity contribution in [2.24, 2.45) is 5.92 Å². The summed E-state index contributed by atoms with van der Waals surface area (Å²) >= 11 is 0. The van der Waals surface area contributed by atoms with Crippen LogP contribution in [-0.2, 0) is 4.79 Å². The zero-order chi connectivity index (χ0) is 19.3. The monoisotopic (exact) mass is 355 g/mol.